The van der Waals surface area contributed by atoms with E-state index in [1.807, 2.05) is 12.1 Å². The van der Waals surface area contributed by atoms with Crippen LogP contribution in [0.1, 0.15) is 61.6 Å². The Morgan fingerprint density at radius 3 is 2.33 bits per heavy atom. The maximum Gasteiger partial charge on any atom is 0.144 e. The summed E-state index contributed by atoms with van der Waals surface area (Å²) in [4.78, 5) is 0. The summed E-state index contributed by atoms with van der Waals surface area (Å²) in [6.07, 6.45) is 13.2. The van der Waals surface area contributed by atoms with Crippen molar-refractivity contribution in [2.45, 2.75) is 57.8 Å². The van der Waals surface area contributed by atoms with Crippen LogP contribution in [0.5, 0.6) is 0 Å². The molecule has 1 unspecified atom stereocenters. The van der Waals surface area contributed by atoms with E-state index < -0.39 is 17.2 Å². The predicted octanol–water partition coefficient (Wildman–Crippen LogP) is 7.38. The molecular formula is C27H29F2N. The zero-order valence-electron chi connectivity index (χ0n) is 17.5. The van der Waals surface area contributed by atoms with Gasteiger partial charge < -0.3 is 0 Å². The highest BCUT2D eigenvalue weighted by Gasteiger charge is 2.30. The number of halogens is 2. The molecule has 3 heteroatoms. The van der Waals surface area contributed by atoms with E-state index in [4.69, 9.17) is 5.26 Å². The smallest absolute Gasteiger partial charge is 0.144 e. The SMILES string of the molecule is C=CCCC1CCC(C2CCc3cc(-c4cc(F)c(C#N)c(F)c4)ccc3C2)CC1. The minimum Gasteiger partial charge on any atom is -0.205 e. The van der Waals surface area contributed by atoms with Crippen LogP contribution in [0.4, 0.5) is 8.78 Å². The fraction of sp³-hybridized carbons (Fsp3) is 0.444. The molecule has 2 aromatic rings. The summed E-state index contributed by atoms with van der Waals surface area (Å²) in [7, 11) is 0. The third-order valence-electron chi connectivity index (χ3n) is 7.30. The molecule has 0 aromatic heterocycles. The molecule has 0 saturated heterocycles. The van der Waals surface area contributed by atoms with Gasteiger partial charge in [0.25, 0.3) is 0 Å². The normalized spacial score (nSPS) is 23.4. The Labute approximate surface area is 178 Å². The van der Waals surface area contributed by atoms with E-state index in [9.17, 15) is 8.78 Å². The molecule has 0 bridgehead atoms. The van der Waals surface area contributed by atoms with E-state index >= 15 is 0 Å². The lowest BCUT2D eigenvalue weighted by Crippen LogP contribution is -2.26. The van der Waals surface area contributed by atoms with Crippen LogP contribution in [0.2, 0.25) is 0 Å². The van der Waals surface area contributed by atoms with Crippen LogP contribution in [0.25, 0.3) is 11.1 Å². The van der Waals surface area contributed by atoms with Gasteiger partial charge in [0.05, 0.1) is 0 Å². The Morgan fingerprint density at radius 1 is 0.933 bits per heavy atom. The van der Waals surface area contributed by atoms with E-state index in [0.717, 1.165) is 42.6 Å². The summed E-state index contributed by atoms with van der Waals surface area (Å²) in [6.45, 7) is 3.85. The monoisotopic (exact) mass is 405 g/mol. The minimum atomic E-state index is -0.797. The predicted molar refractivity (Wildman–Crippen MR) is 117 cm³/mol. The molecule has 1 atom stereocenters. The van der Waals surface area contributed by atoms with Gasteiger partial charge in [-0.25, -0.2) is 8.78 Å². The molecule has 0 heterocycles. The number of benzene rings is 2. The second-order valence-electron chi connectivity index (χ2n) is 9.06. The topological polar surface area (TPSA) is 23.8 Å². The zero-order valence-corrected chi connectivity index (χ0v) is 17.5. The van der Waals surface area contributed by atoms with Crippen LogP contribution in [-0.4, -0.2) is 0 Å². The van der Waals surface area contributed by atoms with Crippen LogP contribution < -0.4 is 0 Å². The van der Waals surface area contributed by atoms with Crippen LogP contribution in [0, 0.1) is 40.7 Å². The summed E-state index contributed by atoms with van der Waals surface area (Å²) in [5.41, 5.74) is 3.48. The van der Waals surface area contributed by atoms with Gasteiger partial charge in [0, 0.05) is 0 Å². The Balaban J connectivity index is 1.44. The summed E-state index contributed by atoms with van der Waals surface area (Å²) in [5, 5.41) is 8.87. The molecule has 30 heavy (non-hydrogen) atoms. The number of rotatable bonds is 5. The molecule has 2 aliphatic carbocycles. The van der Waals surface area contributed by atoms with Crippen molar-refractivity contribution in [2.24, 2.45) is 17.8 Å². The Hall–Kier alpha value is -2.47. The average Bonchev–Trinajstić information content (AvgIpc) is 2.77. The fourth-order valence-corrected chi connectivity index (χ4v) is 5.51. The third-order valence-corrected chi connectivity index (χ3v) is 7.30. The number of nitrogens with zero attached hydrogens (tertiary/aromatic N) is 1. The van der Waals surface area contributed by atoms with Gasteiger partial charge in [-0.1, -0.05) is 37.1 Å². The average molecular weight is 406 g/mol. The maximum atomic E-state index is 14.0. The molecule has 0 spiro atoms. The Kier molecular flexibility index (Phi) is 6.32. The Bertz CT molecular complexity index is 940. The van der Waals surface area contributed by atoms with E-state index in [1.54, 1.807) is 6.07 Å². The van der Waals surface area contributed by atoms with Crippen LogP contribution in [0.3, 0.4) is 0 Å². The van der Waals surface area contributed by atoms with E-state index in [-0.39, 0.29) is 0 Å². The minimum absolute atomic E-state index is 0.492. The summed E-state index contributed by atoms with van der Waals surface area (Å²) < 4.78 is 28.0. The summed E-state index contributed by atoms with van der Waals surface area (Å²) >= 11 is 0. The van der Waals surface area contributed by atoms with Gasteiger partial charge >= 0.3 is 0 Å². The Morgan fingerprint density at radius 2 is 1.67 bits per heavy atom. The lowest BCUT2D eigenvalue weighted by Gasteiger charge is -2.36. The second kappa shape index (κ2) is 9.13. The highest BCUT2D eigenvalue weighted by Crippen LogP contribution is 2.41. The van der Waals surface area contributed by atoms with E-state index in [1.165, 1.54) is 61.8 Å². The second-order valence-corrected chi connectivity index (χ2v) is 9.06. The number of nitriles is 1. The fourth-order valence-electron chi connectivity index (χ4n) is 5.51. The van der Waals surface area contributed by atoms with Crippen molar-refractivity contribution >= 4 is 0 Å². The molecule has 156 valence electrons. The van der Waals surface area contributed by atoms with E-state index in [0.29, 0.717) is 5.56 Å². The number of hydrogen-bond acceptors (Lipinski definition) is 1. The number of allylic oxidation sites excluding steroid dienone is 1. The molecule has 1 fully saturated rings. The molecule has 0 aliphatic heterocycles. The zero-order chi connectivity index (χ0) is 21.1. The van der Waals surface area contributed by atoms with Crippen molar-refractivity contribution in [3.8, 4) is 17.2 Å². The number of fused-ring (bicyclic) bond motifs is 1. The standard InChI is InChI=1S/C27H29F2N/c1-2-3-4-18-5-7-19(8-6-18)20-9-10-22-14-23(12-11-21(22)13-20)24-15-26(28)25(17-30)27(29)16-24/h2,11-12,14-16,18-20H,1,3-10,13H2. The highest BCUT2D eigenvalue weighted by molar-refractivity contribution is 5.66. The largest absolute Gasteiger partial charge is 0.205 e. The summed E-state index contributed by atoms with van der Waals surface area (Å²) in [5.74, 6) is 0.877. The first-order chi connectivity index (χ1) is 14.6. The van der Waals surface area contributed by atoms with E-state index in [2.05, 4.69) is 18.7 Å². The molecule has 1 saturated carbocycles. The van der Waals surface area contributed by atoms with Crippen molar-refractivity contribution in [3.05, 3.63) is 71.3 Å². The molecule has 2 aromatic carbocycles. The van der Waals surface area contributed by atoms with Gasteiger partial charge in [0.2, 0.25) is 0 Å². The van der Waals surface area contributed by atoms with Crippen molar-refractivity contribution in [2.75, 3.05) is 0 Å². The lowest BCUT2D eigenvalue weighted by atomic mass is 9.69. The van der Waals surface area contributed by atoms with Gasteiger partial charge in [-0.05, 0) is 97.1 Å². The summed E-state index contributed by atoms with van der Waals surface area (Å²) in [6, 6.07) is 10.3. The third kappa shape index (κ3) is 4.33. The first-order valence-electron chi connectivity index (χ1n) is 11.2. The van der Waals surface area contributed by atoms with Crippen molar-refractivity contribution in [3.63, 3.8) is 0 Å². The molecule has 0 amide bonds. The van der Waals surface area contributed by atoms with Gasteiger partial charge in [0.15, 0.2) is 0 Å². The molecule has 0 N–H and O–H groups in total. The lowest BCUT2D eigenvalue weighted by molar-refractivity contribution is 0.185. The van der Waals surface area contributed by atoms with Crippen molar-refractivity contribution < 1.29 is 8.78 Å². The van der Waals surface area contributed by atoms with Gasteiger partial charge in [0.1, 0.15) is 23.3 Å². The van der Waals surface area contributed by atoms with Crippen LogP contribution >= 0.6 is 0 Å². The molecular weight excluding hydrogens is 376 g/mol. The molecule has 0 radical (unpaired) electrons. The first kappa shape index (κ1) is 20.8. The van der Waals surface area contributed by atoms with Crippen molar-refractivity contribution in [1.82, 2.24) is 0 Å². The highest BCUT2D eigenvalue weighted by atomic mass is 19.1. The van der Waals surface area contributed by atoms with Gasteiger partial charge in [-0.3, -0.25) is 0 Å². The number of aryl methyl sites for hydroxylation is 1. The maximum absolute atomic E-state index is 14.0. The molecule has 1 nitrogen and oxygen atoms in total. The molecule has 2 aliphatic rings. The van der Waals surface area contributed by atoms with Crippen molar-refractivity contribution in [1.29, 1.82) is 5.26 Å². The number of hydrogen-bond donors (Lipinski definition) is 0. The quantitative estimate of drug-likeness (QED) is 0.476. The van der Waals surface area contributed by atoms with Gasteiger partial charge in [-0.15, -0.1) is 6.58 Å². The van der Waals surface area contributed by atoms with Crippen LogP contribution in [0.15, 0.2) is 43.0 Å². The van der Waals surface area contributed by atoms with Crippen LogP contribution in [-0.2, 0) is 12.8 Å². The molecule has 4 rings (SSSR count). The van der Waals surface area contributed by atoms with Gasteiger partial charge in [-0.2, -0.15) is 5.26 Å². The first-order valence-corrected chi connectivity index (χ1v) is 11.2.